The van der Waals surface area contributed by atoms with Gasteiger partial charge in [0, 0.05) is 29.8 Å². The first-order valence-corrected chi connectivity index (χ1v) is 7.79. The molecule has 122 valence electrons. The molecule has 23 heavy (non-hydrogen) atoms. The summed E-state index contributed by atoms with van der Waals surface area (Å²) in [6.07, 6.45) is 0.497. The van der Waals surface area contributed by atoms with E-state index in [0.29, 0.717) is 5.56 Å². The van der Waals surface area contributed by atoms with Gasteiger partial charge in [0.2, 0.25) is 0 Å². The van der Waals surface area contributed by atoms with Crippen LogP contribution in [0.3, 0.4) is 0 Å². The molecule has 0 atom stereocenters. The summed E-state index contributed by atoms with van der Waals surface area (Å²) < 4.78 is 2.42. The number of hydrogen-bond acceptors (Lipinski definition) is 3. The molecule has 0 saturated carbocycles. The largest absolute Gasteiger partial charge is 0.465 e. The van der Waals surface area contributed by atoms with Gasteiger partial charge in [-0.05, 0) is 36.2 Å². The standard InChI is InChI=1S/C16H17BrN2O4/c1-11-13(17)3-2-4-14(11)19-6-5-12(9-15(19)21)10-18(7-8-20)16(22)23/h2-6,9,20H,7-8,10H2,1H3,(H,22,23). The second-order valence-electron chi connectivity index (χ2n) is 5.05. The van der Waals surface area contributed by atoms with E-state index in [1.165, 1.54) is 10.6 Å². The first-order chi connectivity index (χ1) is 10.9. The third-order valence-electron chi connectivity index (χ3n) is 3.50. The number of hydrogen-bond donors (Lipinski definition) is 2. The number of carboxylic acid groups (broad SMARTS) is 1. The highest BCUT2D eigenvalue weighted by molar-refractivity contribution is 9.10. The van der Waals surface area contributed by atoms with Gasteiger partial charge in [0.15, 0.2) is 0 Å². The Morgan fingerprint density at radius 3 is 2.70 bits per heavy atom. The van der Waals surface area contributed by atoms with Crippen molar-refractivity contribution in [2.45, 2.75) is 13.5 Å². The van der Waals surface area contributed by atoms with Gasteiger partial charge >= 0.3 is 6.09 Å². The van der Waals surface area contributed by atoms with Crippen LogP contribution in [0.4, 0.5) is 4.79 Å². The van der Waals surface area contributed by atoms with Crippen LogP contribution in [-0.4, -0.2) is 38.9 Å². The van der Waals surface area contributed by atoms with Crippen molar-refractivity contribution >= 4 is 22.0 Å². The Morgan fingerprint density at radius 1 is 1.35 bits per heavy atom. The molecular formula is C16H17BrN2O4. The number of aliphatic hydroxyl groups excluding tert-OH is 1. The lowest BCUT2D eigenvalue weighted by Crippen LogP contribution is -2.32. The molecule has 2 N–H and O–H groups in total. The van der Waals surface area contributed by atoms with E-state index < -0.39 is 6.09 Å². The van der Waals surface area contributed by atoms with Gasteiger partial charge in [-0.1, -0.05) is 22.0 Å². The van der Waals surface area contributed by atoms with Gasteiger partial charge in [0.05, 0.1) is 12.3 Å². The molecule has 0 fully saturated rings. The molecule has 0 radical (unpaired) electrons. The number of carbonyl (C=O) groups is 1. The van der Waals surface area contributed by atoms with Crippen LogP contribution in [0, 0.1) is 6.92 Å². The minimum atomic E-state index is -1.13. The monoisotopic (exact) mass is 380 g/mol. The quantitative estimate of drug-likeness (QED) is 0.833. The number of amides is 1. The molecule has 0 unspecified atom stereocenters. The van der Waals surface area contributed by atoms with E-state index in [0.717, 1.165) is 20.6 Å². The number of aliphatic hydroxyl groups is 1. The van der Waals surface area contributed by atoms with E-state index in [1.54, 1.807) is 12.3 Å². The van der Waals surface area contributed by atoms with Crippen LogP contribution >= 0.6 is 15.9 Å². The first-order valence-electron chi connectivity index (χ1n) is 7.00. The fourth-order valence-corrected chi connectivity index (χ4v) is 2.61. The highest BCUT2D eigenvalue weighted by atomic mass is 79.9. The molecule has 6 nitrogen and oxygen atoms in total. The zero-order valence-electron chi connectivity index (χ0n) is 12.6. The third kappa shape index (κ3) is 4.00. The summed E-state index contributed by atoms with van der Waals surface area (Å²) in [5, 5.41) is 18.0. The highest BCUT2D eigenvalue weighted by Crippen LogP contribution is 2.21. The van der Waals surface area contributed by atoms with Gasteiger partial charge in [-0.25, -0.2) is 4.79 Å². The van der Waals surface area contributed by atoms with Crippen LogP contribution in [0.1, 0.15) is 11.1 Å². The van der Waals surface area contributed by atoms with Crippen molar-refractivity contribution in [2.24, 2.45) is 0 Å². The van der Waals surface area contributed by atoms with Crippen LogP contribution in [-0.2, 0) is 6.54 Å². The van der Waals surface area contributed by atoms with Gasteiger partial charge in [0.25, 0.3) is 5.56 Å². The second-order valence-corrected chi connectivity index (χ2v) is 5.91. The molecule has 1 aromatic carbocycles. The van der Waals surface area contributed by atoms with E-state index in [2.05, 4.69) is 15.9 Å². The van der Waals surface area contributed by atoms with Crippen molar-refractivity contribution < 1.29 is 15.0 Å². The van der Waals surface area contributed by atoms with Crippen LogP contribution < -0.4 is 5.56 Å². The number of pyridine rings is 1. The molecule has 2 aromatic rings. The number of halogens is 1. The van der Waals surface area contributed by atoms with E-state index in [1.807, 2.05) is 25.1 Å². The molecule has 7 heteroatoms. The highest BCUT2D eigenvalue weighted by Gasteiger charge is 2.13. The van der Waals surface area contributed by atoms with Crippen LogP contribution in [0.5, 0.6) is 0 Å². The Bertz CT molecular complexity index is 773. The van der Waals surface area contributed by atoms with Crippen molar-refractivity contribution in [3.05, 3.63) is 62.5 Å². The van der Waals surface area contributed by atoms with Crippen molar-refractivity contribution in [3.63, 3.8) is 0 Å². The molecule has 2 rings (SSSR count). The normalized spacial score (nSPS) is 10.6. The summed E-state index contributed by atoms with van der Waals surface area (Å²) in [5.41, 5.74) is 2.05. The Kier molecular flexibility index (Phi) is 5.57. The fourth-order valence-electron chi connectivity index (χ4n) is 2.26. The summed E-state index contributed by atoms with van der Waals surface area (Å²) in [7, 11) is 0. The predicted octanol–water partition coefficient (Wildman–Crippen LogP) is 2.38. The van der Waals surface area contributed by atoms with Crippen LogP contribution in [0.15, 0.2) is 45.8 Å². The lowest BCUT2D eigenvalue weighted by molar-refractivity contribution is 0.129. The van der Waals surface area contributed by atoms with Crippen molar-refractivity contribution in [1.29, 1.82) is 0 Å². The molecule has 1 heterocycles. The van der Waals surface area contributed by atoms with Gasteiger partial charge in [0.1, 0.15) is 0 Å². The fraction of sp³-hybridized carbons (Fsp3) is 0.250. The van der Waals surface area contributed by atoms with Crippen molar-refractivity contribution in [2.75, 3.05) is 13.2 Å². The maximum absolute atomic E-state index is 12.3. The van der Waals surface area contributed by atoms with E-state index in [9.17, 15) is 9.59 Å². The molecule has 0 spiro atoms. The SMILES string of the molecule is Cc1c(Br)cccc1-n1ccc(CN(CCO)C(=O)O)cc1=O. The van der Waals surface area contributed by atoms with Crippen molar-refractivity contribution in [3.8, 4) is 5.69 Å². The number of rotatable bonds is 5. The average molecular weight is 381 g/mol. The van der Waals surface area contributed by atoms with Crippen molar-refractivity contribution in [1.82, 2.24) is 9.47 Å². The van der Waals surface area contributed by atoms with E-state index in [4.69, 9.17) is 10.2 Å². The Morgan fingerprint density at radius 2 is 2.09 bits per heavy atom. The lowest BCUT2D eigenvalue weighted by atomic mass is 10.2. The van der Waals surface area contributed by atoms with Gasteiger partial charge in [-0.3, -0.25) is 9.36 Å². The minimum absolute atomic E-state index is 0.00313. The lowest BCUT2D eigenvalue weighted by Gasteiger charge is -2.18. The summed E-state index contributed by atoms with van der Waals surface area (Å²) in [5.74, 6) is 0. The summed E-state index contributed by atoms with van der Waals surface area (Å²) in [4.78, 5) is 24.5. The minimum Gasteiger partial charge on any atom is -0.465 e. The molecule has 1 aromatic heterocycles. The number of nitrogens with zero attached hydrogens (tertiary/aromatic N) is 2. The Labute approximate surface area is 141 Å². The number of benzene rings is 1. The molecule has 0 bridgehead atoms. The van der Waals surface area contributed by atoms with Crippen LogP contribution in [0.25, 0.3) is 5.69 Å². The molecule has 1 amide bonds. The Hall–Kier alpha value is -2.12. The van der Waals surface area contributed by atoms with E-state index >= 15 is 0 Å². The molecule has 0 saturated heterocycles. The molecule has 0 aliphatic carbocycles. The Balaban J connectivity index is 2.33. The van der Waals surface area contributed by atoms with Gasteiger partial charge in [-0.2, -0.15) is 0 Å². The maximum atomic E-state index is 12.3. The first kappa shape index (κ1) is 17.2. The zero-order valence-corrected chi connectivity index (χ0v) is 14.2. The summed E-state index contributed by atoms with van der Waals surface area (Å²) >= 11 is 3.44. The summed E-state index contributed by atoms with van der Waals surface area (Å²) in [6.45, 7) is 1.71. The predicted molar refractivity (Wildman–Crippen MR) is 90.0 cm³/mol. The molecule has 0 aliphatic rings. The summed E-state index contributed by atoms with van der Waals surface area (Å²) in [6, 6.07) is 8.71. The maximum Gasteiger partial charge on any atom is 0.407 e. The molecular weight excluding hydrogens is 364 g/mol. The second kappa shape index (κ2) is 7.43. The average Bonchev–Trinajstić information content (AvgIpc) is 2.50. The zero-order chi connectivity index (χ0) is 17.0. The number of aromatic nitrogens is 1. The topological polar surface area (TPSA) is 82.8 Å². The van der Waals surface area contributed by atoms with Gasteiger partial charge < -0.3 is 15.1 Å². The van der Waals surface area contributed by atoms with Gasteiger partial charge in [-0.15, -0.1) is 0 Å². The van der Waals surface area contributed by atoms with Crippen LogP contribution in [0.2, 0.25) is 0 Å². The third-order valence-corrected chi connectivity index (χ3v) is 4.36. The smallest absolute Gasteiger partial charge is 0.407 e. The molecule has 0 aliphatic heterocycles. The van der Waals surface area contributed by atoms with E-state index in [-0.39, 0.29) is 25.3 Å².